The third kappa shape index (κ3) is 3.46. The largest absolute Gasteiger partial charge is 0.444 e. The third-order valence-corrected chi connectivity index (χ3v) is 3.31. The third-order valence-electron chi connectivity index (χ3n) is 3.31. The number of carbonyl (C=O) groups excluding carboxylic acids is 1. The van der Waals surface area contributed by atoms with E-state index in [1.165, 1.54) is 0 Å². The first kappa shape index (κ1) is 15.2. The lowest BCUT2D eigenvalue weighted by Gasteiger charge is -2.46. The van der Waals surface area contributed by atoms with Crippen molar-refractivity contribution in [3.05, 3.63) is 29.8 Å². The van der Waals surface area contributed by atoms with Crippen molar-refractivity contribution >= 4 is 11.8 Å². The van der Waals surface area contributed by atoms with Gasteiger partial charge in [-0.25, -0.2) is 4.79 Å². The predicted octanol–water partition coefficient (Wildman–Crippen LogP) is 2.92. The van der Waals surface area contributed by atoms with E-state index in [4.69, 9.17) is 4.74 Å². The molecule has 5 heteroatoms. The molecule has 0 atom stereocenters. The summed E-state index contributed by atoms with van der Waals surface area (Å²) >= 11 is 0. The number of aryl methyl sites for hydroxylation is 1. The van der Waals surface area contributed by atoms with Crippen LogP contribution in [0.5, 0.6) is 0 Å². The average Bonchev–Trinajstić information content (AvgIpc) is 2.33. The van der Waals surface area contributed by atoms with Crippen LogP contribution < -0.4 is 5.32 Å². The fourth-order valence-corrected chi connectivity index (χ4v) is 2.21. The SMILES string of the molecule is Cc1ccccc1NC1(C#N)CN(C(=O)OC(C)(C)C)C1. The van der Waals surface area contributed by atoms with Gasteiger partial charge in [-0.1, -0.05) is 18.2 Å². The molecule has 1 saturated heterocycles. The first-order valence-corrected chi connectivity index (χ1v) is 6.98. The zero-order valence-electron chi connectivity index (χ0n) is 12.9. The Bertz CT molecular complexity index is 578. The van der Waals surface area contributed by atoms with Crippen LogP contribution in [0.3, 0.4) is 0 Å². The number of hydrogen-bond acceptors (Lipinski definition) is 4. The minimum absolute atomic E-state index is 0.326. The molecule has 1 N–H and O–H groups in total. The van der Waals surface area contributed by atoms with Gasteiger partial charge in [-0.3, -0.25) is 0 Å². The summed E-state index contributed by atoms with van der Waals surface area (Å²) in [6, 6.07) is 10.1. The summed E-state index contributed by atoms with van der Waals surface area (Å²) in [5.41, 5.74) is 0.736. The summed E-state index contributed by atoms with van der Waals surface area (Å²) in [5, 5.41) is 12.7. The van der Waals surface area contributed by atoms with E-state index in [1.807, 2.05) is 52.0 Å². The Morgan fingerprint density at radius 3 is 2.52 bits per heavy atom. The Morgan fingerprint density at radius 1 is 1.38 bits per heavy atom. The van der Waals surface area contributed by atoms with Gasteiger partial charge in [0.25, 0.3) is 0 Å². The summed E-state index contributed by atoms with van der Waals surface area (Å²) in [4.78, 5) is 13.5. The molecule has 112 valence electrons. The van der Waals surface area contributed by atoms with Gasteiger partial charge in [0.1, 0.15) is 5.60 Å². The van der Waals surface area contributed by atoms with E-state index < -0.39 is 11.1 Å². The fourth-order valence-electron chi connectivity index (χ4n) is 2.21. The number of likely N-dealkylation sites (tertiary alicyclic amines) is 1. The molecule has 1 aliphatic rings. The molecule has 0 aliphatic carbocycles. The van der Waals surface area contributed by atoms with Crippen molar-refractivity contribution < 1.29 is 9.53 Å². The highest BCUT2D eigenvalue weighted by atomic mass is 16.6. The molecule has 1 amide bonds. The maximum Gasteiger partial charge on any atom is 0.410 e. The molecule has 1 aromatic carbocycles. The lowest BCUT2D eigenvalue weighted by atomic mass is 9.91. The topological polar surface area (TPSA) is 65.4 Å². The summed E-state index contributed by atoms with van der Waals surface area (Å²) in [6.45, 7) is 8.12. The number of hydrogen-bond donors (Lipinski definition) is 1. The van der Waals surface area contributed by atoms with Gasteiger partial charge >= 0.3 is 6.09 Å². The van der Waals surface area contributed by atoms with Crippen LogP contribution in [0.2, 0.25) is 0 Å². The standard InChI is InChI=1S/C16H21N3O2/c1-12-7-5-6-8-13(12)18-16(9-17)10-19(11-16)14(20)21-15(2,3)4/h5-8,18H,10-11H2,1-4H3. The Hall–Kier alpha value is -2.22. The summed E-state index contributed by atoms with van der Waals surface area (Å²) < 4.78 is 5.30. The quantitative estimate of drug-likeness (QED) is 0.908. The highest BCUT2D eigenvalue weighted by molar-refractivity contribution is 5.71. The number of amides is 1. The molecule has 1 aliphatic heterocycles. The number of nitriles is 1. The zero-order valence-corrected chi connectivity index (χ0v) is 12.9. The lowest BCUT2D eigenvalue weighted by molar-refractivity contribution is 0.00356. The number of benzene rings is 1. The number of rotatable bonds is 2. The summed E-state index contributed by atoms with van der Waals surface area (Å²) in [6.07, 6.45) is -0.375. The van der Waals surface area contributed by atoms with Gasteiger partial charge in [0, 0.05) is 5.69 Å². The second-order valence-corrected chi connectivity index (χ2v) is 6.47. The van der Waals surface area contributed by atoms with E-state index in [-0.39, 0.29) is 6.09 Å². The number of anilines is 1. The van der Waals surface area contributed by atoms with Gasteiger partial charge in [0.15, 0.2) is 5.54 Å². The van der Waals surface area contributed by atoms with E-state index >= 15 is 0 Å². The number of carbonyl (C=O) groups is 1. The minimum Gasteiger partial charge on any atom is -0.444 e. The maximum atomic E-state index is 11.9. The first-order valence-electron chi connectivity index (χ1n) is 6.98. The second kappa shape index (κ2) is 5.28. The van der Waals surface area contributed by atoms with Crippen molar-refractivity contribution in [2.45, 2.75) is 38.8 Å². The summed E-state index contributed by atoms with van der Waals surface area (Å²) in [5.74, 6) is 0. The van der Waals surface area contributed by atoms with Gasteiger partial charge in [0.05, 0.1) is 19.2 Å². The van der Waals surface area contributed by atoms with E-state index in [1.54, 1.807) is 4.90 Å². The minimum atomic E-state index is -0.733. The van der Waals surface area contributed by atoms with Crippen LogP contribution >= 0.6 is 0 Å². The van der Waals surface area contributed by atoms with Crippen LogP contribution in [0.4, 0.5) is 10.5 Å². The van der Waals surface area contributed by atoms with Crippen molar-refractivity contribution in [3.63, 3.8) is 0 Å². The molecule has 1 fully saturated rings. The van der Waals surface area contributed by atoms with Crippen LogP contribution in [0.1, 0.15) is 26.3 Å². The number of para-hydroxylation sites is 1. The molecule has 1 heterocycles. The molecule has 21 heavy (non-hydrogen) atoms. The summed E-state index contributed by atoms with van der Waals surface area (Å²) in [7, 11) is 0. The van der Waals surface area contributed by atoms with Crippen LogP contribution in [0.25, 0.3) is 0 Å². The zero-order chi connectivity index (χ0) is 15.7. The molecular weight excluding hydrogens is 266 g/mol. The fraction of sp³-hybridized carbons (Fsp3) is 0.500. The van der Waals surface area contributed by atoms with Gasteiger partial charge < -0.3 is 15.0 Å². The molecule has 0 bridgehead atoms. The van der Waals surface area contributed by atoms with E-state index in [0.717, 1.165) is 11.3 Å². The maximum absolute atomic E-state index is 11.9. The average molecular weight is 287 g/mol. The van der Waals surface area contributed by atoms with Gasteiger partial charge in [-0.15, -0.1) is 0 Å². The number of ether oxygens (including phenoxy) is 1. The van der Waals surface area contributed by atoms with Crippen LogP contribution in [0.15, 0.2) is 24.3 Å². The molecule has 0 radical (unpaired) electrons. The van der Waals surface area contributed by atoms with E-state index in [9.17, 15) is 10.1 Å². The Balaban J connectivity index is 2.00. The van der Waals surface area contributed by atoms with Gasteiger partial charge in [-0.2, -0.15) is 5.26 Å². The Kier molecular flexibility index (Phi) is 3.82. The molecule has 0 unspecified atom stereocenters. The monoisotopic (exact) mass is 287 g/mol. The highest BCUT2D eigenvalue weighted by Gasteiger charge is 2.47. The van der Waals surface area contributed by atoms with Crippen molar-refractivity contribution in [1.29, 1.82) is 5.26 Å². The van der Waals surface area contributed by atoms with E-state index in [2.05, 4.69) is 11.4 Å². The van der Waals surface area contributed by atoms with Gasteiger partial charge in [0.2, 0.25) is 0 Å². The Labute approximate surface area is 125 Å². The van der Waals surface area contributed by atoms with E-state index in [0.29, 0.717) is 13.1 Å². The predicted molar refractivity (Wildman–Crippen MR) is 81.0 cm³/mol. The molecule has 0 saturated carbocycles. The van der Waals surface area contributed by atoms with Crippen molar-refractivity contribution in [2.75, 3.05) is 18.4 Å². The second-order valence-electron chi connectivity index (χ2n) is 6.47. The van der Waals surface area contributed by atoms with Crippen LogP contribution in [0, 0.1) is 18.3 Å². The van der Waals surface area contributed by atoms with Crippen LogP contribution in [-0.4, -0.2) is 35.2 Å². The van der Waals surface area contributed by atoms with Crippen LogP contribution in [-0.2, 0) is 4.74 Å². The molecule has 2 rings (SSSR count). The lowest BCUT2D eigenvalue weighted by Crippen LogP contribution is -2.67. The molecular formula is C16H21N3O2. The highest BCUT2D eigenvalue weighted by Crippen LogP contribution is 2.28. The normalized spacial score (nSPS) is 16.6. The van der Waals surface area contributed by atoms with Crippen molar-refractivity contribution in [1.82, 2.24) is 4.90 Å². The molecule has 0 spiro atoms. The van der Waals surface area contributed by atoms with Crippen molar-refractivity contribution in [3.8, 4) is 6.07 Å². The molecule has 0 aromatic heterocycles. The number of nitrogens with zero attached hydrogens (tertiary/aromatic N) is 2. The first-order chi connectivity index (χ1) is 9.75. The van der Waals surface area contributed by atoms with Crippen molar-refractivity contribution in [2.24, 2.45) is 0 Å². The Morgan fingerprint density at radius 2 is 2.00 bits per heavy atom. The molecule has 5 nitrogen and oxygen atoms in total. The van der Waals surface area contributed by atoms with Gasteiger partial charge in [-0.05, 0) is 39.3 Å². The molecule has 1 aromatic rings. The smallest absolute Gasteiger partial charge is 0.410 e. The number of nitrogens with one attached hydrogen (secondary N) is 1.